The Morgan fingerprint density at radius 3 is 2.64 bits per heavy atom. The van der Waals surface area contributed by atoms with Gasteiger partial charge in [0.2, 0.25) is 0 Å². The highest BCUT2D eigenvalue weighted by atomic mass is 32.1. The van der Waals surface area contributed by atoms with E-state index in [4.69, 9.17) is 5.73 Å². The highest BCUT2D eigenvalue weighted by molar-refractivity contribution is 7.18. The van der Waals surface area contributed by atoms with E-state index in [-0.39, 0.29) is 0 Å². The molecule has 2 rings (SSSR count). The minimum atomic E-state index is 0.653. The third-order valence-electron chi connectivity index (χ3n) is 2.08. The summed E-state index contributed by atoms with van der Waals surface area (Å²) in [6.07, 6.45) is 0.928. The zero-order valence-electron chi connectivity index (χ0n) is 8.03. The van der Waals surface area contributed by atoms with Gasteiger partial charge in [-0.2, -0.15) is 0 Å². The molecule has 0 spiro atoms. The van der Waals surface area contributed by atoms with Gasteiger partial charge in [-0.05, 0) is 12.0 Å². The molecule has 0 aliphatic heterocycles. The molecule has 0 aliphatic rings. The van der Waals surface area contributed by atoms with Gasteiger partial charge in [-0.3, -0.25) is 0 Å². The number of thiazole rings is 1. The molecule has 2 nitrogen and oxygen atoms in total. The highest BCUT2D eigenvalue weighted by Gasteiger charge is 2.08. The van der Waals surface area contributed by atoms with Crippen LogP contribution in [0.25, 0.3) is 10.4 Å². The Hall–Kier alpha value is -1.35. The molecule has 0 amide bonds. The van der Waals surface area contributed by atoms with Crippen molar-refractivity contribution in [3.63, 3.8) is 0 Å². The second-order valence-corrected chi connectivity index (χ2v) is 4.08. The molecule has 0 unspecified atom stereocenters. The van der Waals surface area contributed by atoms with Crippen LogP contribution in [0.1, 0.15) is 12.6 Å². The standard InChI is InChI=1S/C11H12N2S/c1-2-9-10(14-11(12)13-9)8-6-4-3-5-7-8/h3-7H,2H2,1H3,(H2,12,13). The number of anilines is 1. The Balaban J connectivity index is 2.51. The van der Waals surface area contributed by atoms with Crippen LogP contribution in [0.15, 0.2) is 30.3 Å². The molecular weight excluding hydrogens is 192 g/mol. The average molecular weight is 204 g/mol. The summed E-state index contributed by atoms with van der Waals surface area (Å²) in [5.74, 6) is 0. The number of rotatable bonds is 2. The van der Waals surface area contributed by atoms with Gasteiger partial charge in [0.05, 0.1) is 10.6 Å². The molecule has 0 fully saturated rings. The zero-order valence-corrected chi connectivity index (χ0v) is 8.84. The molecule has 1 aromatic carbocycles. The molecule has 14 heavy (non-hydrogen) atoms. The lowest BCUT2D eigenvalue weighted by Gasteiger charge is -1.98. The topological polar surface area (TPSA) is 38.9 Å². The number of benzene rings is 1. The molecule has 2 N–H and O–H groups in total. The van der Waals surface area contributed by atoms with E-state index in [1.807, 2.05) is 18.2 Å². The van der Waals surface area contributed by atoms with Crippen molar-refractivity contribution in [3.8, 4) is 10.4 Å². The predicted octanol–water partition coefficient (Wildman–Crippen LogP) is 2.95. The van der Waals surface area contributed by atoms with E-state index in [1.54, 1.807) is 11.3 Å². The van der Waals surface area contributed by atoms with E-state index in [1.165, 1.54) is 10.4 Å². The van der Waals surface area contributed by atoms with Gasteiger partial charge in [-0.1, -0.05) is 48.6 Å². The Kier molecular flexibility index (Phi) is 2.50. The first-order valence-corrected chi connectivity index (χ1v) is 5.43. The number of nitrogens with two attached hydrogens (primary N) is 1. The monoisotopic (exact) mass is 204 g/mol. The molecular formula is C11H12N2S. The molecule has 3 heteroatoms. The lowest BCUT2D eigenvalue weighted by molar-refractivity contribution is 1.07. The number of aryl methyl sites for hydroxylation is 1. The summed E-state index contributed by atoms with van der Waals surface area (Å²) in [5, 5.41) is 0.653. The number of hydrogen-bond acceptors (Lipinski definition) is 3. The molecule has 0 bridgehead atoms. The predicted molar refractivity (Wildman–Crippen MR) is 61.3 cm³/mol. The van der Waals surface area contributed by atoms with Crippen LogP contribution >= 0.6 is 11.3 Å². The minimum absolute atomic E-state index is 0.653. The lowest BCUT2D eigenvalue weighted by atomic mass is 10.1. The summed E-state index contributed by atoms with van der Waals surface area (Å²) in [6, 6.07) is 10.3. The van der Waals surface area contributed by atoms with E-state index in [2.05, 4.69) is 24.0 Å². The van der Waals surface area contributed by atoms with Crippen molar-refractivity contribution >= 4 is 16.5 Å². The molecule has 0 radical (unpaired) electrons. The van der Waals surface area contributed by atoms with Crippen molar-refractivity contribution in [1.82, 2.24) is 4.98 Å². The first-order valence-electron chi connectivity index (χ1n) is 4.62. The number of hydrogen-bond donors (Lipinski definition) is 1. The number of nitrogen functional groups attached to an aromatic ring is 1. The second kappa shape index (κ2) is 3.80. The molecule has 1 heterocycles. The molecule has 0 saturated heterocycles. The van der Waals surface area contributed by atoms with Crippen LogP contribution in [0.2, 0.25) is 0 Å². The van der Waals surface area contributed by atoms with Crippen LogP contribution < -0.4 is 5.73 Å². The van der Waals surface area contributed by atoms with Gasteiger partial charge in [0.25, 0.3) is 0 Å². The van der Waals surface area contributed by atoms with E-state index in [9.17, 15) is 0 Å². The zero-order chi connectivity index (χ0) is 9.97. The van der Waals surface area contributed by atoms with Crippen molar-refractivity contribution in [1.29, 1.82) is 0 Å². The maximum atomic E-state index is 5.70. The molecule has 72 valence electrons. The van der Waals surface area contributed by atoms with Gasteiger partial charge in [0.15, 0.2) is 5.13 Å². The fourth-order valence-corrected chi connectivity index (χ4v) is 2.35. The number of aromatic nitrogens is 1. The van der Waals surface area contributed by atoms with Crippen LogP contribution in [0.3, 0.4) is 0 Å². The summed E-state index contributed by atoms with van der Waals surface area (Å²) >= 11 is 1.56. The molecule has 0 aliphatic carbocycles. The normalized spacial score (nSPS) is 10.4. The van der Waals surface area contributed by atoms with E-state index < -0.39 is 0 Å². The Labute approximate surface area is 87.4 Å². The van der Waals surface area contributed by atoms with Gasteiger partial charge in [-0.25, -0.2) is 4.98 Å². The van der Waals surface area contributed by atoms with Crippen LogP contribution in [0.5, 0.6) is 0 Å². The lowest BCUT2D eigenvalue weighted by Crippen LogP contribution is -1.85. The third kappa shape index (κ3) is 1.63. The minimum Gasteiger partial charge on any atom is -0.375 e. The Morgan fingerprint density at radius 1 is 1.29 bits per heavy atom. The van der Waals surface area contributed by atoms with E-state index >= 15 is 0 Å². The molecule has 1 aromatic heterocycles. The van der Waals surface area contributed by atoms with Crippen LogP contribution in [-0.2, 0) is 6.42 Å². The SMILES string of the molecule is CCc1nc(N)sc1-c1ccccc1. The van der Waals surface area contributed by atoms with Crippen molar-refractivity contribution in [2.24, 2.45) is 0 Å². The maximum Gasteiger partial charge on any atom is 0.180 e. The number of nitrogens with zero attached hydrogens (tertiary/aromatic N) is 1. The summed E-state index contributed by atoms with van der Waals surface area (Å²) < 4.78 is 0. The van der Waals surface area contributed by atoms with Gasteiger partial charge in [-0.15, -0.1) is 0 Å². The van der Waals surface area contributed by atoms with Gasteiger partial charge >= 0.3 is 0 Å². The smallest absolute Gasteiger partial charge is 0.180 e. The summed E-state index contributed by atoms with van der Waals surface area (Å²) in [6.45, 7) is 2.10. The van der Waals surface area contributed by atoms with Crippen molar-refractivity contribution in [2.45, 2.75) is 13.3 Å². The quantitative estimate of drug-likeness (QED) is 0.816. The van der Waals surface area contributed by atoms with E-state index in [0.717, 1.165) is 12.1 Å². The molecule has 0 atom stereocenters. The Bertz CT molecular complexity index is 420. The van der Waals surface area contributed by atoms with Crippen molar-refractivity contribution in [3.05, 3.63) is 36.0 Å². The van der Waals surface area contributed by atoms with Crippen LogP contribution in [0, 0.1) is 0 Å². The first kappa shape index (κ1) is 9.21. The average Bonchev–Trinajstić information content (AvgIpc) is 2.61. The fourth-order valence-electron chi connectivity index (χ4n) is 1.42. The summed E-state index contributed by atoms with van der Waals surface area (Å²) in [5.41, 5.74) is 8.00. The van der Waals surface area contributed by atoms with Gasteiger partial charge in [0, 0.05) is 0 Å². The van der Waals surface area contributed by atoms with Crippen molar-refractivity contribution in [2.75, 3.05) is 5.73 Å². The summed E-state index contributed by atoms with van der Waals surface area (Å²) in [4.78, 5) is 5.50. The molecule has 2 aromatic rings. The largest absolute Gasteiger partial charge is 0.375 e. The maximum absolute atomic E-state index is 5.70. The third-order valence-corrected chi connectivity index (χ3v) is 3.06. The molecule has 0 saturated carbocycles. The second-order valence-electron chi connectivity index (χ2n) is 3.05. The van der Waals surface area contributed by atoms with Crippen LogP contribution in [-0.4, -0.2) is 4.98 Å². The van der Waals surface area contributed by atoms with Crippen LogP contribution in [0.4, 0.5) is 5.13 Å². The van der Waals surface area contributed by atoms with Gasteiger partial charge < -0.3 is 5.73 Å². The Morgan fingerprint density at radius 2 is 2.00 bits per heavy atom. The van der Waals surface area contributed by atoms with E-state index in [0.29, 0.717) is 5.13 Å². The van der Waals surface area contributed by atoms with Crippen molar-refractivity contribution < 1.29 is 0 Å². The van der Waals surface area contributed by atoms with Gasteiger partial charge in [0.1, 0.15) is 0 Å². The fraction of sp³-hybridized carbons (Fsp3) is 0.182. The summed E-state index contributed by atoms with van der Waals surface area (Å²) in [7, 11) is 0. The first-order chi connectivity index (χ1) is 6.81. The highest BCUT2D eigenvalue weighted by Crippen LogP contribution is 2.31.